The predicted octanol–water partition coefficient (Wildman–Crippen LogP) is 4.35. The lowest BCUT2D eigenvalue weighted by atomic mass is 10.0. The topological polar surface area (TPSA) is 124 Å². The number of hydrogen-bond acceptors (Lipinski definition) is 4. The van der Waals surface area contributed by atoms with E-state index >= 15 is 0 Å². The molecule has 1 atom stereocenters. The van der Waals surface area contributed by atoms with Crippen LogP contribution in [0.5, 0.6) is 0 Å². The summed E-state index contributed by atoms with van der Waals surface area (Å²) in [6.07, 6.45) is 16.3. The number of halogens is 1. The molecule has 0 spiro atoms. The van der Waals surface area contributed by atoms with Gasteiger partial charge in [0.25, 0.3) is 11.8 Å². The minimum Gasteiger partial charge on any atom is -0.354 e. The molecule has 190 valence electrons. The van der Waals surface area contributed by atoms with Crippen LogP contribution in [-0.2, 0) is 18.9 Å². The first-order valence-corrected chi connectivity index (χ1v) is 13.9. The second-order valence-electron chi connectivity index (χ2n) is 8.67. The van der Waals surface area contributed by atoms with Crippen molar-refractivity contribution in [2.45, 2.75) is 102 Å². The van der Waals surface area contributed by atoms with Crippen LogP contribution in [-0.4, -0.2) is 51.4 Å². The van der Waals surface area contributed by atoms with Crippen molar-refractivity contribution in [3.05, 3.63) is 12.2 Å². The number of carbonyl (C=O) groups excluding carboxylic acids is 3. The Kier molecular flexibility index (Phi) is 15.1. The number of nitrogens with zero attached hydrogens (tertiary/aromatic N) is 1. The van der Waals surface area contributed by atoms with E-state index in [1.807, 2.05) is 0 Å². The summed E-state index contributed by atoms with van der Waals surface area (Å²) in [5.41, 5.74) is 0. The maximum absolute atomic E-state index is 13.1. The van der Waals surface area contributed by atoms with E-state index in [0.717, 1.165) is 56.3 Å². The van der Waals surface area contributed by atoms with Crippen LogP contribution in [0, 0.1) is 0 Å². The molecule has 0 aromatic carbocycles. The number of rotatable bonds is 20. The molecular formula is C23H40FN2O6P. The molecule has 33 heavy (non-hydrogen) atoms. The monoisotopic (exact) mass is 490 g/mol. The summed E-state index contributed by atoms with van der Waals surface area (Å²) in [7, 11) is -4.57. The Morgan fingerprint density at radius 3 is 1.73 bits per heavy atom. The molecular weight excluding hydrogens is 450 g/mol. The van der Waals surface area contributed by atoms with E-state index in [4.69, 9.17) is 9.79 Å². The van der Waals surface area contributed by atoms with Gasteiger partial charge in [0, 0.05) is 31.7 Å². The van der Waals surface area contributed by atoms with Crippen LogP contribution in [0.15, 0.2) is 12.2 Å². The lowest BCUT2D eigenvalue weighted by molar-refractivity contribution is -0.137. The molecule has 0 bridgehead atoms. The van der Waals surface area contributed by atoms with Gasteiger partial charge in [0.1, 0.15) is 0 Å². The molecule has 1 aliphatic rings. The second-order valence-corrected chi connectivity index (χ2v) is 10.4. The van der Waals surface area contributed by atoms with E-state index < -0.39 is 13.5 Å². The third-order valence-corrected chi connectivity index (χ3v) is 6.76. The summed E-state index contributed by atoms with van der Waals surface area (Å²) in [5, 5.41) is 2.75. The van der Waals surface area contributed by atoms with E-state index in [-0.39, 0.29) is 37.2 Å². The normalized spacial score (nSPS) is 14.8. The highest BCUT2D eigenvalue weighted by Gasteiger charge is 2.27. The molecule has 0 radical (unpaired) electrons. The summed E-state index contributed by atoms with van der Waals surface area (Å²) in [6.45, 7) is 0.488. The summed E-state index contributed by atoms with van der Waals surface area (Å²) in [4.78, 5) is 53.1. The Morgan fingerprint density at radius 2 is 1.27 bits per heavy atom. The Morgan fingerprint density at radius 1 is 0.848 bits per heavy atom. The van der Waals surface area contributed by atoms with Crippen molar-refractivity contribution in [3.8, 4) is 0 Å². The lowest BCUT2D eigenvalue weighted by Gasteiger charge is -2.13. The zero-order chi connectivity index (χ0) is 24.5. The van der Waals surface area contributed by atoms with Crippen LogP contribution in [0.2, 0.25) is 0 Å². The minimum atomic E-state index is -4.57. The van der Waals surface area contributed by atoms with Gasteiger partial charge in [-0.1, -0.05) is 70.6 Å². The highest BCUT2D eigenvalue weighted by atomic mass is 31.2. The SMILES string of the molecule is O=C(CCCCCCCCCCCCCCCC(F)P(=O)(O)O)NCCN1C(=O)C=CC1=O. The molecule has 3 amide bonds. The molecule has 0 aliphatic carbocycles. The first kappa shape index (κ1) is 29.5. The van der Waals surface area contributed by atoms with Gasteiger partial charge in [0.05, 0.1) is 0 Å². The fourth-order valence-electron chi connectivity index (χ4n) is 3.76. The van der Waals surface area contributed by atoms with Crippen molar-refractivity contribution < 1.29 is 33.1 Å². The number of alkyl halides is 1. The quantitative estimate of drug-likeness (QED) is 0.132. The van der Waals surface area contributed by atoms with Crippen LogP contribution in [0.4, 0.5) is 4.39 Å². The number of unbranched alkanes of at least 4 members (excludes halogenated alkanes) is 12. The zero-order valence-corrected chi connectivity index (χ0v) is 20.4. The molecule has 0 fully saturated rings. The third-order valence-electron chi connectivity index (χ3n) is 5.77. The number of amides is 3. The van der Waals surface area contributed by atoms with Gasteiger partial charge >= 0.3 is 7.60 Å². The second kappa shape index (κ2) is 17.0. The van der Waals surface area contributed by atoms with E-state index in [1.54, 1.807) is 0 Å². The van der Waals surface area contributed by atoms with Gasteiger partial charge in [0.15, 0.2) is 0 Å². The van der Waals surface area contributed by atoms with Crippen molar-refractivity contribution in [3.63, 3.8) is 0 Å². The summed E-state index contributed by atoms with van der Waals surface area (Å²) < 4.78 is 23.8. The average molecular weight is 491 g/mol. The minimum absolute atomic E-state index is 0.0478. The highest BCUT2D eigenvalue weighted by molar-refractivity contribution is 7.52. The number of imide groups is 1. The smallest absolute Gasteiger partial charge is 0.354 e. The van der Waals surface area contributed by atoms with Gasteiger partial charge in [0.2, 0.25) is 11.8 Å². The standard InChI is InChI=1S/C23H40FN2O6P/c24-20(33(30,31)32)14-12-10-8-6-4-2-1-3-5-7-9-11-13-15-21(27)25-18-19-26-22(28)16-17-23(26)29/h16-17,20H,1-15,18-19H2,(H,25,27)(H2,30,31,32). The first-order chi connectivity index (χ1) is 15.7. The van der Waals surface area contributed by atoms with Crippen LogP contribution >= 0.6 is 7.60 Å². The van der Waals surface area contributed by atoms with Gasteiger partial charge in [-0.3, -0.25) is 23.8 Å². The fraction of sp³-hybridized carbons (Fsp3) is 0.783. The van der Waals surface area contributed by atoms with Crippen molar-refractivity contribution in [1.29, 1.82) is 0 Å². The van der Waals surface area contributed by atoms with Crippen LogP contribution in [0.25, 0.3) is 0 Å². The molecule has 1 heterocycles. The molecule has 1 aliphatic heterocycles. The predicted molar refractivity (Wildman–Crippen MR) is 125 cm³/mol. The van der Waals surface area contributed by atoms with Crippen LogP contribution < -0.4 is 5.32 Å². The molecule has 0 aromatic heterocycles. The average Bonchev–Trinajstić information content (AvgIpc) is 3.07. The first-order valence-electron chi connectivity index (χ1n) is 12.2. The number of hydrogen-bond donors (Lipinski definition) is 3. The van der Waals surface area contributed by atoms with Gasteiger partial charge < -0.3 is 15.1 Å². The third kappa shape index (κ3) is 14.3. The summed E-state index contributed by atoms with van der Waals surface area (Å²) in [5.74, 6) is -2.73. The Balaban J connectivity index is 1.80. The molecule has 1 unspecified atom stereocenters. The van der Waals surface area contributed by atoms with E-state index in [0.29, 0.717) is 12.8 Å². The molecule has 0 saturated heterocycles. The molecule has 1 rings (SSSR count). The fourth-order valence-corrected chi connectivity index (χ4v) is 4.28. The maximum atomic E-state index is 13.1. The Labute approximate surface area is 196 Å². The molecule has 0 aromatic rings. The van der Waals surface area contributed by atoms with Gasteiger partial charge in [-0.05, 0) is 19.3 Å². The van der Waals surface area contributed by atoms with Gasteiger partial charge in [-0.25, -0.2) is 4.39 Å². The number of nitrogens with one attached hydrogen (secondary N) is 1. The number of carbonyl (C=O) groups is 3. The summed E-state index contributed by atoms with van der Waals surface area (Å²) >= 11 is 0. The molecule has 8 nitrogen and oxygen atoms in total. The van der Waals surface area contributed by atoms with Crippen molar-refractivity contribution in [2.24, 2.45) is 0 Å². The molecule has 10 heteroatoms. The van der Waals surface area contributed by atoms with E-state index in [9.17, 15) is 23.3 Å². The highest BCUT2D eigenvalue weighted by Crippen LogP contribution is 2.44. The van der Waals surface area contributed by atoms with Crippen molar-refractivity contribution >= 4 is 25.3 Å². The van der Waals surface area contributed by atoms with Gasteiger partial charge in [-0.2, -0.15) is 0 Å². The summed E-state index contributed by atoms with van der Waals surface area (Å²) in [6, 6.07) is 0. The Bertz CT molecular complexity index is 664. The van der Waals surface area contributed by atoms with Crippen LogP contribution in [0.3, 0.4) is 0 Å². The Hall–Kier alpha value is -1.57. The van der Waals surface area contributed by atoms with Crippen molar-refractivity contribution in [1.82, 2.24) is 10.2 Å². The van der Waals surface area contributed by atoms with Gasteiger partial charge in [-0.15, -0.1) is 0 Å². The maximum Gasteiger partial charge on any atom is 0.359 e. The van der Waals surface area contributed by atoms with E-state index in [1.165, 1.54) is 37.8 Å². The van der Waals surface area contributed by atoms with E-state index in [2.05, 4.69) is 5.32 Å². The molecule has 3 N–H and O–H groups in total. The zero-order valence-electron chi connectivity index (χ0n) is 19.6. The van der Waals surface area contributed by atoms with Crippen molar-refractivity contribution in [2.75, 3.05) is 13.1 Å². The molecule has 0 saturated carbocycles. The largest absolute Gasteiger partial charge is 0.359 e. The van der Waals surface area contributed by atoms with Crippen LogP contribution in [0.1, 0.15) is 96.3 Å². The lowest BCUT2D eigenvalue weighted by Crippen LogP contribution is -2.38.